The molecule has 4 rings (SSSR count). The minimum absolute atomic E-state index is 0.911. The maximum Gasteiger partial charge on any atom is 0.132 e. The minimum atomic E-state index is 0.911. The van der Waals surface area contributed by atoms with Gasteiger partial charge in [-0.05, 0) is 76.9 Å². The van der Waals surface area contributed by atoms with Gasteiger partial charge in [0.1, 0.15) is 12.0 Å². The Balaban J connectivity index is 1.74. The number of nitrogens with zero attached hydrogens (tertiary/aromatic N) is 2. The third-order valence-electron chi connectivity index (χ3n) is 5.60. The van der Waals surface area contributed by atoms with Gasteiger partial charge in [0.25, 0.3) is 0 Å². The molecule has 0 unspecified atom stereocenters. The van der Waals surface area contributed by atoms with E-state index in [-0.39, 0.29) is 0 Å². The third-order valence-corrected chi connectivity index (χ3v) is 5.60. The fourth-order valence-electron chi connectivity index (χ4n) is 4.06. The van der Waals surface area contributed by atoms with Crippen LogP contribution in [0.2, 0.25) is 0 Å². The Labute approximate surface area is 172 Å². The van der Waals surface area contributed by atoms with E-state index in [9.17, 15) is 0 Å². The first kappa shape index (κ1) is 19.1. The van der Waals surface area contributed by atoms with Gasteiger partial charge in [-0.15, -0.1) is 0 Å². The lowest BCUT2D eigenvalue weighted by Gasteiger charge is -2.14. The van der Waals surface area contributed by atoms with Crippen molar-refractivity contribution in [3.63, 3.8) is 0 Å². The van der Waals surface area contributed by atoms with E-state index in [1.807, 2.05) is 24.5 Å². The van der Waals surface area contributed by atoms with Crippen LogP contribution in [0.25, 0.3) is 33.5 Å². The van der Waals surface area contributed by atoms with E-state index < -0.39 is 0 Å². The van der Waals surface area contributed by atoms with Crippen molar-refractivity contribution in [2.75, 3.05) is 0 Å². The van der Waals surface area contributed by atoms with Crippen LogP contribution in [0.1, 0.15) is 37.5 Å². The number of pyridine rings is 1. The average molecular weight is 383 g/mol. The molecule has 0 bridgehead atoms. The molecule has 0 aliphatic carbocycles. The highest BCUT2D eigenvalue weighted by Gasteiger charge is 2.16. The van der Waals surface area contributed by atoms with Gasteiger partial charge in [-0.3, -0.25) is 4.98 Å². The fraction of sp³-hybridized carbons (Fsp3) is 0.231. The van der Waals surface area contributed by atoms with Crippen LogP contribution in [0.15, 0.2) is 71.7 Å². The average Bonchev–Trinajstić information content (AvgIpc) is 3.28. The summed E-state index contributed by atoms with van der Waals surface area (Å²) in [6.07, 6.45) is 8.50. The third kappa shape index (κ3) is 3.73. The Kier molecular flexibility index (Phi) is 5.57. The second kappa shape index (κ2) is 8.44. The Hall–Kier alpha value is -3.20. The number of hydrogen-bond acceptors (Lipinski definition) is 3. The van der Waals surface area contributed by atoms with E-state index in [1.54, 1.807) is 6.26 Å². The van der Waals surface area contributed by atoms with Crippen LogP contribution in [-0.4, -0.2) is 10.1 Å². The fourth-order valence-corrected chi connectivity index (χ4v) is 4.06. The Morgan fingerprint density at radius 1 is 0.690 bits per heavy atom. The van der Waals surface area contributed by atoms with Crippen LogP contribution >= 0.6 is 0 Å². The number of rotatable bonds is 6. The molecule has 3 nitrogen and oxygen atoms in total. The first-order chi connectivity index (χ1) is 14.2. The molecular formula is C26H26N2O. The summed E-state index contributed by atoms with van der Waals surface area (Å²) >= 11 is 0. The standard InChI is InChI=1S/C26H26N2O/c1-4-18-15-23(16-19(5-2)24(18)6-3)26-25(17-29-28-26)22-9-7-20(8-10-22)21-11-13-27-14-12-21/h7-17H,4-6H2,1-3H3. The molecule has 0 fully saturated rings. The molecule has 0 amide bonds. The smallest absolute Gasteiger partial charge is 0.132 e. The summed E-state index contributed by atoms with van der Waals surface area (Å²) in [6.45, 7) is 6.68. The minimum Gasteiger partial charge on any atom is -0.363 e. The largest absolute Gasteiger partial charge is 0.363 e. The normalized spacial score (nSPS) is 11.0. The second-order valence-electron chi connectivity index (χ2n) is 7.22. The van der Waals surface area contributed by atoms with Crippen molar-refractivity contribution in [2.45, 2.75) is 40.0 Å². The zero-order valence-electron chi connectivity index (χ0n) is 17.3. The summed E-state index contributed by atoms with van der Waals surface area (Å²) in [5.74, 6) is 0. The molecule has 4 aromatic rings. The quantitative estimate of drug-likeness (QED) is 0.370. The first-order valence-electron chi connectivity index (χ1n) is 10.3. The van der Waals surface area contributed by atoms with E-state index in [0.717, 1.165) is 47.2 Å². The van der Waals surface area contributed by atoms with E-state index in [1.165, 1.54) is 22.3 Å². The van der Waals surface area contributed by atoms with Crippen molar-refractivity contribution in [3.05, 3.63) is 83.9 Å². The van der Waals surface area contributed by atoms with Crippen molar-refractivity contribution in [2.24, 2.45) is 0 Å². The van der Waals surface area contributed by atoms with Crippen molar-refractivity contribution < 1.29 is 4.52 Å². The molecule has 0 saturated heterocycles. The Morgan fingerprint density at radius 2 is 1.28 bits per heavy atom. The molecule has 0 aliphatic heterocycles. The summed E-state index contributed by atoms with van der Waals surface area (Å²) in [5, 5.41) is 4.37. The van der Waals surface area contributed by atoms with E-state index >= 15 is 0 Å². The zero-order valence-corrected chi connectivity index (χ0v) is 17.3. The van der Waals surface area contributed by atoms with Gasteiger partial charge in [-0.1, -0.05) is 50.2 Å². The van der Waals surface area contributed by atoms with E-state index in [2.05, 4.69) is 67.3 Å². The van der Waals surface area contributed by atoms with Crippen LogP contribution in [0, 0.1) is 0 Å². The summed E-state index contributed by atoms with van der Waals surface area (Å²) in [7, 11) is 0. The van der Waals surface area contributed by atoms with E-state index in [0.29, 0.717) is 0 Å². The topological polar surface area (TPSA) is 38.9 Å². The summed E-state index contributed by atoms with van der Waals surface area (Å²) in [5.41, 5.74) is 10.8. The van der Waals surface area contributed by atoms with E-state index in [4.69, 9.17) is 4.52 Å². The molecule has 2 aromatic carbocycles. The number of aromatic nitrogens is 2. The highest BCUT2D eigenvalue weighted by atomic mass is 16.5. The van der Waals surface area contributed by atoms with Crippen LogP contribution in [-0.2, 0) is 19.3 Å². The molecule has 3 heteroatoms. The van der Waals surface area contributed by atoms with Gasteiger partial charge in [0, 0.05) is 23.5 Å². The number of benzene rings is 2. The molecule has 0 spiro atoms. The molecule has 0 saturated carbocycles. The highest BCUT2D eigenvalue weighted by Crippen LogP contribution is 2.34. The molecule has 2 heterocycles. The van der Waals surface area contributed by atoms with Gasteiger partial charge < -0.3 is 4.52 Å². The molecule has 146 valence electrons. The predicted octanol–water partition coefficient (Wildman–Crippen LogP) is 6.76. The van der Waals surface area contributed by atoms with Crippen LogP contribution < -0.4 is 0 Å². The van der Waals surface area contributed by atoms with Crippen LogP contribution in [0.3, 0.4) is 0 Å². The zero-order chi connectivity index (χ0) is 20.2. The van der Waals surface area contributed by atoms with Crippen LogP contribution in [0.4, 0.5) is 0 Å². The summed E-state index contributed by atoms with van der Waals surface area (Å²) in [4.78, 5) is 4.09. The van der Waals surface area contributed by atoms with Crippen LogP contribution in [0.5, 0.6) is 0 Å². The first-order valence-corrected chi connectivity index (χ1v) is 10.3. The number of hydrogen-bond donors (Lipinski definition) is 0. The lowest BCUT2D eigenvalue weighted by Crippen LogP contribution is -1.99. The molecule has 2 aromatic heterocycles. The molecular weight excluding hydrogens is 356 g/mol. The lowest BCUT2D eigenvalue weighted by atomic mass is 9.90. The van der Waals surface area contributed by atoms with Gasteiger partial charge in [0.05, 0.1) is 0 Å². The van der Waals surface area contributed by atoms with Gasteiger partial charge in [-0.2, -0.15) is 0 Å². The van der Waals surface area contributed by atoms with Crippen molar-refractivity contribution in [1.29, 1.82) is 0 Å². The number of aryl methyl sites for hydroxylation is 2. The second-order valence-corrected chi connectivity index (χ2v) is 7.22. The van der Waals surface area contributed by atoms with Gasteiger partial charge in [0.15, 0.2) is 0 Å². The summed E-state index contributed by atoms with van der Waals surface area (Å²) < 4.78 is 5.41. The Morgan fingerprint density at radius 3 is 1.86 bits per heavy atom. The van der Waals surface area contributed by atoms with Gasteiger partial charge in [-0.25, -0.2) is 0 Å². The molecule has 0 aliphatic rings. The lowest BCUT2D eigenvalue weighted by molar-refractivity contribution is 0.422. The molecule has 0 radical (unpaired) electrons. The van der Waals surface area contributed by atoms with Gasteiger partial charge >= 0.3 is 0 Å². The molecule has 0 N–H and O–H groups in total. The summed E-state index contributed by atoms with van der Waals surface area (Å²) in [6, 6.07) is 17.1. The SMILES string of the molecule is CCc1cc(-c2nocc2-c2ccc(-c3ccncc3)cc2)cc(CC)c1CC. The monoisotopic (exact) mass is 382 g/mol. The Bertz CT molecular complexity index is 1070. The highest BCUT2D eigenvalue weighted by molar-refractivity contribution is 5.81. The molecule has 29 heavy (non-hydrogen) atoms. The van der Waals surface area contributed by atoms with Gasteiger partial charge in [0.2, 0.25) is 0 Å². The van der Waals surface area contributed by atoms with Crippen molar-refractivity contribution in [3.8, 4) is 33.5 Å². The predicted molar refractivity (Wildman–Crippen MR) is 119 cm³/mol. The maximum atomic E-state index is 5.41. The van der Waals surface area contributed by atoms with Crippen molar-refractivity contribution >= 4 is 0 Å². The maximum absolute atomic E-state index is 5.41. The molecule has 0 atom stereocenters. The van der Waals surface area contributed by atoms with Crippen molar-refractivity contribution in [1.82, 2.24) is 10.1 Å².